The smallest absolute Gasteiger partial charge is 0.312 e. The average Bonchev–Trinajstić information content (AvgIpc) is 3.13. The van der Waals surface area contributed by atoms with Crippen LogP contribution in [0.1, 0.15) is 40.5 Å². The van der Waals surface area contributed by atoms with Gasteiger partial charge in [0, 0.05) is 17.5 Å². The molecule has 2 aromatic rings. The minimum Gasteiger partial charge on any atom is -0.454 e. The molecule has 1 saturated heterocycles. The number of hydrogen-bond acceptors (Lipinski definition) is 5. The van der Waals surface area contributed by atoms with E-state index in [1.807, 2.05) is 0 Å². The predicted molar refractivity (Wildman–Crippen MR) is 105 cm³/mol. The number of hydrogen-bond donors (Lipinski definition) is 1. The molecule has 0 unspecified atom stereocenters. The van der Waals surface area contributed by atoms with E-state index < -0.39 is 23.9 Å². The Kier molecular flexibility index (Phi) is 6.39. The van der Waals surface area contributed by atoms with E-state index in [4.69, 9.17) is 4.74 Å². The second-order valence-electron chi connectivity index (χ2n) is 6.78. The molecule has 2 amide bonds. The van der Waals surface area contributed by atoms with E-state index in [0.29, 0.717) is 17.5 Å². The van der Waals surface area contributed by atoms with Gasteiger partial charge in [0.25, 0.3) is 5.91 Å². The Morgan fingerprint density at radius 3 is 2.21 bits per heavy atom. The van der Waals surface area contributed by atoms with Gasteiger partial charge in [-0.25, -0.2) is 0 Å². The van der Waals surface area contributed by atoms with Gasteiger partial charge in [-0.2, -0.15) is 0 Å². The Hall–Kier alpha value is -3.48. The second-order valence-corrected chi connectivity index (χ2v) is 6.78. The van der Waals surface area contributed by atoms with E-state index in [2.05, 4.69) is 5.43 Å². The van der Waals surface area contributed by atoms with Gasteiger partial charge in [0.2, 0.25) is 11.7 Å². The molecule has 1 heterocycles. The number of benzene rings is 2. The van der Waals surface area contributed by atoms with E-state index in [9.17, 15) is 19.2 Å². The Labute approximate surface area is 168 Å². The van der Waals surface area contributed by atoms with E-state index in [0.717, 1.165) is 5.01 Å². The number of ketones is 1. The fraction of sp³-hybridized carbons (Fsp3) is 0.273. The molecule has 0 aromatic heterocycles. The first-order valence-electron chi connectivity index (χ1n) is 9.45. The molecular formula is C22H22N2O5. The molecule has 7 nitrogen and oxygen atoms in total. The van der Waals surface area contributed by atoms with Crippen LogP contribution in [0.25, 0.3) is 0 Å². The van der Waals surface area contributed by atoms with Gasteiger partial charge in [-0.3, -0.25) is 29.6 Å². The lowest BCUT2D eigenvalue weighted by Gasteiger charge is -2.19. The first kappa shape index (κ1) is 20.3. The zero-order valence-electron chi connectivity index (χ0n) is 16.0. The quantitative estimate of drug-likeness (QED) is 0.575. The predicted octanol–water partition coefficient (Wildman–Crippen LogP) is 2.38. The number of rotatable bonds is 7. The molecule has 0 bridgehead atoms. The fourth-order valence-electron chi connectivity index (χ4n) is 3.10. The van der Waals surface area contributed by atoms with Crippen molar-refractivity contribution >= 4 is 23.6 Å². The number of nitrogens with zero attached hydrogens (tertiary/aromatic N) is 1. The van der Waals surface area contributed by atoms with Crippen LogP contribution in [0.2, 0.25) is 0 Å². The molecular weight excluding hydrogens is 372 g/mol. The van der Waals surface area contributed by atoms with Crippen molar-refractivity contribution in [2.45, 2.75) is 25.9 Å². The molecule has 1 aliphatic rings. The zero-order valence-corrected chi connectivity index (χ0v) is 16.0. The maximum atomic E-state index is 12.5. The molecule has 1 N–H and O–H groups in total. The lowest BCUT2D eigenvalue weighted by molar-refractivity contribution is -0.151. The van der Waals surface area contributed by atoms with Gasteiger partial charge in [0.05, 0.1) is 12.5 Å². The van der Waals surface area contributed by atoms with Crippen LogP contribution < -0.4 is 5.43 Å². The molecule has 29 heavy (non-hydrogen) atoms. The van der Waals surface area contributed by atoms with Crippen LogP contribution in [0.4, 0.5) is 0 Å². The maximum absolute atomic E-state index is 12.5. The Balaban J connectivity index is 1.59. The molecule has 0 spiro atoms. The van der Waals surface area contributed by atoms with Gasteiger partial charge in [-0.15, -0.1) is 0 Å². The van der Waals surface area contributed by atoms with Crippen molar-refractivity contribution in [2.75, 3.05) is 6.54 Å². The first-order chi connectivity index (χ1) is 14.0. The third-order valence-corrected chi connectivity index (χ3v) is 4.71. The highest BCUT2D eigenvalue weighted by atomic mass is 16.5. The maximum Gasteiger partial charge on any atom is 0.312 e. The molecule has 0 saturated carbocycles. The highest BCUT2D eigenvalue weighted by Gasteiger charge is 2.38. The third kappa shape index (κ3) is 4.87. The topological polar surface area (TPSA) is 92.8 Å². The monoisotopic (exact) mass is 394 g/mol. The minimum absolute atomic E-state index is 0.00615. The van der Waals surface area contributed by atoms with Crippen molar-refractivity contribution in [1.82, 2.24) is 10.4 Å². The average molecular weight is 394 g/mol. The van der Waals surface area contributed by atoms with Gasteiger partial charge in [-0.1, -0.05) is 55.5 Å². The van der Waals surface area contributed by atoms with Gasteiger partial charge in [-0.05, 0) is 18.6 Å². The molecule has 150 valence electrons. The van der Waals surface area contributed by atoms with Crippen LogP contribution in [0.3, 0.4) is 0 Å². The van der Waals surface area contributed by atoms with Crippen LogP contribution >= 0.6 is 0 Å². The summed E-state index contributed by atoms with van der Waals surface area (Å²) in [5.74, 6) is -2.44. The lowest BCUT2D eigenvalue weighted by Crippen LogP contribution is -2.43. The Bertz CT molecular complexity index is 898. The third-order valence-electron chi connectivity index (χ3n) is 4.71. The molecule has 7 heteroatoms. The Morgan fingerprint density at radius 2 is 1.62 bits per heavy atom. The molecule has 1 fully saturated rings. The number of ether oxygens (including phenoxy) is 1. The number of carbonyl (C=O) groups is 4. The molecule has 0 radical (unpaired) electrons. The van der Waals surface area contributed by atoms with Gasteiger partial charge < -0.3 is 4.74 Å². The standard InChI is InChI=1S/C22H22N2O5/c1-2-18(20(26)15-9-5-3-6-10-15)29-22(28)17-13-19(25)24(14-17)23-21(27)16-11-7-4-8-12-16/h3-12,17-18H,2,13-14H2,1H3,(H,23,27)/t17-,18+/m1/s1. The van der Waals surface area contributed by atoms with Gasteiger partial charge in [0.1, 0.15) is 0 Å². The fourth-order valence-corrected chi connectivity index (χ4v) is 3.10. The first-order valence-corrected chi connectivity index (χ1v) is 9.45. The summed E-state index contributed by atoms with van der Waals surface area (Å²) in [6.45, 7) is 1.76. The summed E-state index contributed by atoms with van der Waals surface area (Å²) in [5, 5.41) is 1.13. The van der Waals surface area contributed by atoms with E-state index in [-0.39, 0.29) is 24.7 Å². The minimum atomic E-state index is -0.909. The molecule has 2 atom stereocenters. The lowest BCUT2D eigenvalue weighted by atomic mass is 10.0. The summed E-state index contributed by atoms with van der Waals surface area (Å²) in [6, 6.07) is 17.1. The largest absolute Gasteiger partial charge is 0.454 e. The number of Topliss-reactive ketones (excluding diaryl/α,β-unsaturated/α-hetero) is 1. The van der Waals surface area contributed by atoms with Gasteiger partial charge >= 0.3 is 5.97 Å². The molecule has 2 aromatic carbocycles. The normalized spacial score (nSPS) is 16.9. The molecule has 0 aliphatic carbocycles. The van der Waals surface area contributed by atoms with E-state index in [1.54, 1.807) is 67.6 Å². The molecule has 3 rings (SSSR count). The SMILES string of the molecule is CC[C@H](OC(=O)[C@@H]1CC(=O)N(NC(=O)c2ccccc2)C1)C(=O)c1ccccc1. The van der Waals surface area contributed by atoms with Crippen LogP contribution in [0.5, 0.6) is 0 Å². The summed E-state index contributed by atoms with van der Waals surface area (Å²) < 4.78 is 5.41. The number of amides is 2. The van der Waals surface area contributed by atoms with Crippen molar-refractivity contribution in [1.29, 1.82) is 0 Å². The van der Waals surface area contributed by atoms with Crippen molar-refractivity contribution in [3.05, 3.63) is 71.8 Å². The summed E-state index contributed by atoms with van der Waals surface area (Å²) in [5.41, 5.74) is 3.39. The van der Waals surface area contributed by atoms with Crippen molar-refractivity contribution < 1.29 is 23.9 Å². The Morgan fingerprint density at radius 1 is 1.03 bits per heavy atom. The summed E-state index contributed by atoms with van der Waals surface area (Å²) in [6.07, 6.45) is -0.661. The van der Waals surface area contributed by atoms with Crippen molar-refractivity contribution in [2.24, 2.45) is 5.92 Å². The van der Waals surface area contributed by atoms with Crippen LogP contribution in [0.15, 0.2) is 60.7 Å². The highest BCUT2D eigenvalue weighted by molar-refractivity contribution is 6.01. The number of esters is 1. The van der Waals surface area contributed by atoms with E-state index >= 15 is 0 Å². The van der Waals surface area contributed by atoms with Gasteiger partial charge in [0.15, 0.2) is 6.10 Å². The zero-order chi connectivity index (χ0) is 20.8. The number of nitrogens with one attached hydrogen (secondary N) is 1. The van der Waals surface area contributed by atoms with E-state index in [1.165, 1.54) is 0 Å². The highest BCUT2D eigenvalue weighted by Crippen LogP contribution is 2.20. The number of carbonyl (C=O) groups excluding carboxylic acids is 4. The van der Waals surface area contributed by atoms with Crippen LogP contribution in [-0.2, 0) is 14.3 Å². The summed E-state index contributed by atoms with van der Waals surface area (Å²) in [7, 11) is 0. The van der Waals surface area contributed by atoms with Crippen molar-refractivity contribution in [3.63, 3.8) is 0 Å². The summed E-state index contributed by atoms with van der Waals surface area (Å²) >= 11 is 0. The van der Waals surface area contributed by atoms with Crippen molar-refractivity contribution in [3.8, 4) is 0 Å². The summed E-state index contributed by atoms with van der Waals surface area (Å²) in [4.78, 5) is 49.5. The second kappa shape index (κ2) is 9.14. The van der Waals surface area contributed by atoms with Crippen LogP contribution in [-0.4, -0.2) is 41.2 Å². The molecule has 1 aliphatic heterocycles. The van der Waals surface area contributed by atoms with Crippen LogP contribution in [0, 0.1) is 5.92 Å². The number of hydrazine groups is 1.